The summed E-state index contributed by atoms with van der Waals surface area (Å²) in [6.45, 7) is 9.84. The van der Waals surface area contributed by atoms with Gasteiger partial charge in [0.05, 0.1) is 0 Å². The van der Waals surface area contributed by atoms with Crippen molar-refractivity contribution in [1.29, 1.82) is 0 Å². The molecule has 148 valence electrons. The number of rotatable bonds is 6. The zero-order chi connectivity index (χ0) is 20.4. The molecule has 0 amide bonds. The van der Waals surface area contributed by atoms with Gasteiger partial charge in [-0.3, -0.25) is 0 Å². The lowest BCUT2D eigenvalue weighted by Crippen LogP contribution is -2.14. The molecule has 3 aromatic carbocycles. The minimum absolute atomic E-state index is 0.0448. The number of fused-ring (bicyclic) bond motifs is 3. The highest BCUT2D eigenvalue weighted by molar-refractivity contribution is 5.89. The number of anilines is 2. The Hall–Kier alpha value is -3.00. The Morgan fingerprint density at radius 2 is 1.59 bits per heavy atom. The van der Waals surface area contributed by atoms with Gasteiger partial charge in [-0.15, -0.1) is 0 Å². The van der Waals surface area contributed by atoms with Gasteiger partial charge >= 0.3 is 0 Å². The monoisotopic (exact) mass is 382 g/mol. The van der Waals surface area contributed by atoms with Crippen molar-refractivity contribution in [3.63, 3.8) is 0 Å². The van der Waals surface area contributed by atoms with Crippen molar-refractivity contribution in [2.75, 3.05) is 17.2 Å². The van der Waals surface area contributed by atoms with E-state index in [9.17, 15) is 0 Å². The molecule has 0 heterocycles. The van der Waals surface area contributed by atoms with E-state index in [1.54, 1.807) is 0 Å². The van der Waals surface area contributed by atoms with Crippen LogP contribution in [0.25, 0.3) is 11.1 Å². The molecule has 0 aliphatic heterocycles. The molecule has 1 aliphatic rings. The Kier molecular flexibility index (Phi) is 5.19. The van der Waals surface area contributed by atoms with Gasteiger partial charge in [-0.05, 0) is 58.6 Å². The first-order valence-electron chi connectivity index (χ1n) is 10.5. The summed E-state index contributed by atoms with van der Waals surface area (Å²) in [4.78, 5) is 0. The average molecular weight is 383 g/mol. The molecule has 0 atom stereocenters. The third-order valence-electron chi connectivity index (χ3n) is 5.96. The molecule has 2 heteroatoms. The zero-order valence-corrected chi connectivity index (χ0v) is 17.8. The van der Waals surface area contributed by atoms with Gasteiger partial charge in [0.2, 0.25) is 0 Å². The van der Waals surface area contributed by atoms with Gasteiger partial charge < -0.3 is 10.6 Å². The SMILES string of the molecule is CC(C)c1ccc(N/C=C/CNc2cccc3c2-c2ccccc2C3(C)C)cc1. The van der Waals surface area contributed by atoms with E-state index < -0.39 is 0 Å². The molecule has 3 aromatic rings. The Morgan fingerprint density at radius 1 is 0.862 bits per heavy atom. The second-order valence-electron chi connectivity index (χ2n) is 8.60. The molecule has 0 radical (unpaired) electrons. The summed E-state index contributed by atoms with van der Waals surface area (Å²) in [7, 11) is 0. The molecular weight excluding hydrogens is 352 g/mol. The van der Waals surface area contributed by atoms with Crippen LogP contribution in [0, 0.1) is 0 Å². The molecule has 0 unspecified atom stereocenters. The summed E-state index contributed by atoms with van der Waals surface area (Å²) in [5, 5.41) is 6.96. The first-order valence-corrected chi connectivity index (χ1v) is 10.5. The summed E-state index contributed by atoms with van der Waals surface area (Å²) in [6.07, 6.45) is 4.14. The quantitative estimate of drug-likeness (QED) is 0.473. The van der Waals surface area contributed by atoms with E-state index in [-0.39, 0.29) is 5.41 Å². The largest absolute Gasteiger partial charge is 0.381 e. The van der Waals surface area contributed by atoms with Crippen LogP contribution in [-0.4, -0.2) is 6.54 Å². The topological polar surface area (TPSA) is 24.1 Å². The second kappa shape index (κ2) is 7.79. The molecule has 0 bridgehead atoms. The normalized spacial score (nSPS) is 14.1. The van der Waals surface area contributed by atoms with Gasteiger partial charge in [0.1, 0.15) is 0 Å². The molecule has 2 N–H and O–H groups in total. The molecule has 0 saturated heterocycles. The van der Waals surface area contributed by atoms with Gasteiger partial charge in [-0.2, -0.15) is 0 Å². The molecule has 0 spiro atoms. The van der Waals surface area contributed by atoms with Crippen molar-refractivity contribution in [1.82, 2.24) is 0 Å². The maximum absolute atomic E-state index is 3.61. The Balaban J connectivity index is 1.45. The lowest BCUT2D eigenvalue weighted by Gasteiger charge is -2.21. The average Bonchev–Trinajstić information content (AvgIpc) is 2.96. The molecule has 1 aliphatic carbocycles. The summed E-state index contributed by atoms with van der Waals surface area (Å²) >= 11 is 0. The fourth-order valence-electron chi connectivity index (χ4n) is 4.25. The predicted octanol–water partition coefficient (Wildman–Crippen LogP) is 7.15. The van der Waals surface area contributed by atoms with Crippen molar-refractivity contribution in [2.45, 2.75) is 39.0 Å². The molecule has 0 aromatic heterocycles. The molecule has 29 heavy (non-hydrogen) atoms. The van der Waals surface area contributed by atoms with E-state index >= 15 is 0 Å². The van der Waals surface area contributed by atoms with E-state index in [0.717, 1.165) is 12.2 Å². The summed E-state index contributed by atoms with van der Waals surface area (Å²) in [5.74, 6) is 0.562. The van der Waals surface area contributed by atoms with Gasteiger partial charge in [0.15, 0.2) is 0 Å². The predicted molar refractivity (Wildman–Crippen MR) is 126 cm³/mol. The van der Waals surface area contributed by atoms with E-state index in [4.69, 9.17) is 0 Å². The molecular formula is C27H30N2. The maximum atomic E-state index is 3.61. The van der Waals surface area contributed by atoms with E-state index in [0.29, 0.717) is 5.92 Å². The smallest absolute Gasteiger partial charge is 0.0425 e. The van der Waals surface area contributed by atoms with Crippen LogP contribution in [0.15, 0.2) is 79.0 Å². The number of hydrogen-bond donors (Lipinski definition) is 2. The first-order chi connectivity index (χ1) is 14.0. The number of benzene rings is 3. The summed E-state index contributed by atoms with van der Waals surface area (Å²) in [6, 6.07) is 24.0. The van der Waals surface area contributed by atoms with Crippen LogP contribution in [0.1, 0.15) is 50.3 Å². The molecule has 4 rings (SSSR count). The Bertz CT molecular complexity index is 1030. The van der Waals surface area contributed by atoms with Gasteiger partial charge in [-0.1, -0.05) is 76.2 Å². The second-order valence-corrected chi connectivity index (χ2v) is 8.60. The van der Waals surface area contributed by atoms with Crippen molar-refractivity contribution in [2.24, 2.45) is 0 Å². The standard InChI is InChI=1S/C27H30N2/c1-19(2)20-13-15-21(16-14-20)28-17-8-18-29-25-12-7-11-24-26(25)22-9-5-6-10-23(22)27(24,3)4/h5-17,19,28-29H,18H2,1-4H3/b17-8+. The fourth-order valence-corrected chi connectivity index (χ4v) is 4.25. The summed E-state index contributed by atoms with van der Waals surface area (Å²) < 4.78 is 0. The van der Waals surface area contributed by atoms with Crippen molar-refractivity contribution in [3.05, 3.63) is 95.7 Å². The van der Waals surface area contributed by atoms with Crippen LogP contribution in [0.3, 0.4) is 0 Å². The van der Waals surface area contributed by atoms with Crippen molar-refractivity contribution in [3.8, 4) is 11.1 Å². The van der Waals surface area contributed by atoms with Crippen LogP contribution in [0.5, 0.6) is 0 Å². The lowest BCUT2D eigenvalue weighted by atomic mass is 9.82. The number of nitrogens with one attached hydrogen (secondary N) is 2. The number of hydrogen-bond acceptors (Lipinski definition) is 2. The fraction of sp³-hybridized carbons (Fsp3) is 0.259. The van der Waals surface area contributed by atoms with Crippen molar-refractivity contribution >= 4 is 11.4 Å². The van der Waals surface area contributed by atoms with Gasteiger partial charge in [0.25, 0.3) is 0 Å². The molecule has 0 saturated carbocycles. The zero-order valence-electron chi connectivity index (χ0n) is 17.8. The minimum atomic E-state index is 0.0448. The van der Waals surface area contributed by atoms with Gasteiger partial charge in [0, 0.05) is 28.9 Å². The third kappa shape index (κ3) is 3.67. The van der Waals surface area contributed by atoms with Crippen LogP contribution in [0.2, 0.25) is 0 Å². The molecule has 2 nitrogen and oxygen atoms in total. The van der Waals surface area contributed by atoms with Crippen LogP contribution in [-0.2, 0) is 5.41 Å². The highest BCUT2D eigenvalue weighted by Crippen LogP contribution is 2.51. The van der Waals surface area contributed by atoms with Crippen LogP contribution >= 0.6 is 0 Å². The minimum Gasteiger partial charge on any atom is -0.381 e. The molecule has 0 fully saturated rings. The van der Waals surface area contributed by atoms with Crippen LogP contribution < -0.4 is 10.6 Å². The van der Waals surface area contributed by atoms with Crippen LogP contribution in [0.4, 0.5) is 11.4 Å². The first kappa shape index (κ1) is 19.3. The highest BCUT2D eigenvalue weighted by atomic mass is 14.9. The Labute approximate surface area is 174 Å². The van der Waals surface area contributed by atoms with E-state index in [1.165, 1.54) is 33.5 Å². The third-order valence-corrected chi connectivity index (χ3v) is 5.96. The van der Waals surface area contributed by atoms with Crippen molar-refractivity contribution < 1.29 is 0 Å². The highest BCUT2D eigenvalue weighted by Gasteiger charge is 2.36. The summed E-state index contributed by atoms with van der Waals surface area (Å²) in [5.41, 5.74) is 9.23. The Morgan fingerprint density at radius 3 is 2.34 bits per heavy atom. The van der Waals surface area contributed by atoms with E-state index in [2.05, 4.69) is 111 Å². The maximum Gasteiger partial charge on any atom is 0.0425 e. The lowest BCUT2D eigenvalue weighted by molar-refractivity contribution is 0.660. The van der Waals surface area contributed by atoms with Gasteiger partial charge in [-0.25, -0.2) is 0 Å². The van der Waals surface area contributed by atoms with E-state index in [1.807, 2.05) is 6.20 Å².